The van der Waals surface area contributed by atoms with Gasteiger partial charge in [-0.25, -0.2) is 4.68 Å². The fourth-order valence-electron chi connectivity index (χ4n) is 3.46. The minimum Gasteiger partial charge on any atom is -0.486 e. The van der Waals surface area contributed by atoms with Gasteiger partial charge in [-0.3, -0.25) is 4.98 Å². The Morgan fingerprint density at radius 2 is 1.77 bits per heavy atom. The van der Waals surface area contributed by atoms with Gasteiger partial charge in [0.1, 0.15) is 25.0 Å². The molecule has 0 unspecified atom stereocenters. The van der Waals surface area contributed by atoms with E-state index < -0.39 is 0 Å². The van der Waals surface area contributed by atoms with Crippen LogP contribution in [0.5, 0.6) is 11.5 Å². The number of aromatic nitrogens is 3. The number of hydrogen-bond acceptors (Lipinski definition) is 5. The topological polar surface area (TPSA) is 73.0 Å². The Kier molecular flexibility index (Phi) is 4.91. The molecule has 1 aliphatic heterocycles. The van der Waals surface area contributed by atoms with Crippen LogP contribution in [0.2, 0.25) is 0 Å². The third-order valence-electron chi connectivity index (χ3n) is 4.94. The van der Waals surface area contributed by atoms with Crippen molar-refractivity contribution >= 4 is 11.6 Å². The van der Waals surface area contributed by atoms with E-state index in [9.17, 15) is 5.26 Å². The first-order chi connectivity index (χ1) is 15.3. The number of rotatable bonds is 4. The average molecular weight is 406 g/mol. The summed E-state index contributed by atoms with van der Waals surface area (Å²) in [4.78, 5) is 4.32. The Bertz CT molecular complexity index is 1290. The second-order valence-corrected chi connectivity index (χ2v) is 6.96. The van der Waals surface area contributed by atoms with E-state index in [2.05, 4.69) is 11.1 Å². The van der Waals surface area contributed by atoms with Gasteiger partial charge in [0.2, 0.25) is 0 Å². The molecule has 0 spiro atoms. The van der Waals surface area contributed by atoms with Gasteiger partial charge in [0.05, 0.1) is 17.0 Å². The van der Waals surface area contributed by atoms with Crippen LogP contribution in [0, 0.1) is 11.3 Å². The largest absolute Gasteiger partial charge is 0.486 e. The number of fused-ring (bicyclic) bond motifs is 1. The van der Waals surface area contributed by atoms with Crippen LogP contribution in [0.4, 0.5) is 0 Å². The molecule has 0 atom stereocenters. The predicted molar refractivity (Wildman–Crippen MR) is 118 cm³/mol. The Hall–Kier alpha value is -4.37. The maximum Gasteiger partial charge on any atom is 0.162 e. The fraction of sp³-hybridized carbons (Fsp3) is 0.0800. The number of hydrogen-bond donors (Lipinski definition) is 0. The van der Waals surface area contributed by atoms with Crippen molar-refractivity contribution in [2.45, 2.75) is 0 Å². The molecule has 6 heteroatoms. The van der Waals surface area contributed by atoms with Gasteiger partial charge in [-0.15, -0.1) is 0 Å². The minimum atomic E-state index is 0.465. The Morgan fingerprint density at radius 1 is 0.968 bits per heavy atom. The number of para-hydroxylation sites is 1. The zero-order chi connectivity index (χ0) is 21.0. The van der Waals surface area contributed by atoms with Crippen LogP contribution in [-0.4, -0.2) is 28.0 Å². The summed E-state index contributed by atoms with van der Waals surface area (Å²) < 4.78 is 13.2. The first kappa shape index (κ1) is 18.6. The summed E-state index contributed by atoms with van der Waals surface area (Å²) in [5.41, 5.74) is 4.44. The van der Waals surface area contributed by atoms with E-state index in [-0.39, 0.29) is 0 Å². The van der Waals surface area contributed by atoms with Crippen LogP contribution in [0.15, 0.2) is 79.1 Å². The van der Waals surface area contributed by atoms with Crippen molar-refractivity contribution in [3.8, 4) is 34.5 Å². The lowest BCUT2D eigenvalue weighted by Crippen LogP contribution is -2.15. The van der Waals surface area contributed by atoms with Gasteiger partial charge in [-0.1, -0.05) is 24.3 Å². The second kappa shape index (κ2) is 8.17. The Labute approximate surface area is 179 Å². The van der Waals surface area contributed by atoms with Crippen LogP contribution in [0.25, 0.3) is 28.6 Å². The molecule has 6 nitrogen and oxygen atoms in total. The SMILES string of the molecule is N#CC(=Cc1cn(-c2ccccc2)nc1-c1ccc2c(c1)OCCO2)c1ccccn1. The highest BCUT2D eigenvalue weighted by atomic mass is 16.6. The van der Waals surface area contributed by atoms with Gasteiger partial charge in [-0.05, 0) is 48.5 Å². The van der Waals surface area contributed by atoms with E-state index in [0.717, 1.165) is 28.3 Å². The van der Waals surface area contributed by atoms with Crippen molar-refractivity contribution in [2.75, 3.05) is 13.2 Å². The van der Waals surface area contributed by atoms with Crippen LogP contribution in [0.1, 0.15) is 11.3 Å². The average Bonchev–Trinajstić information content (AvgIpc) is 3.27. The van der Waals surface area contributed by atoms with Crippen molar-refractivity contribution in [1.29, 1.82) is 5.26 Å². The molecule has 150 valence electrons. The highest BCUT2D eigenvalue weighted by Crippen LogP contribution is 2.36. The van der Waals surface area contributed by atoms with Crippen molar-refractivity contribution in [2.24, 2.45) is 0 Å². The highest BCUT2D eigenvalue weighted by Gasteiger charge is 2.17. The summed E-state index contributed by atoms with van der Waals surface area (Å²) in [6.45, 7) is 1.05. The van der Waals surface area contributed by atoms with E-state index in [0.29, 0.717) is 30.2 Å². The van der Waals surface area contributed by atoms with Gasteiger partial charge in [0, 0.05) is 23.5 Å². The molecule has 0 saturated carbocycles. The summed E-state index contributed by atoms with van der Waals surface area (Å²) in [6.07, 6.45) is 5.41. The first-order valence-corrected chi connectivity index (χ1v) is 9.90. The third kappa shape index (κ3) is 3.77. The fourth-order valence-corrected chi connectivity index (χ4v) is 3.46. The number of ether oxygens (including phenoxy) is 2. The summed E-state index contributed by atoms with van der Waals surface area (Å²) in [6, 6.07) is 23.4. The number of nitrogens with zero attached hydrogens (tertiary/aromatic N) is 4. The summed E-state index contributed by atoms with van der Waals surface area (Å²) in [5.74, 6) is 1.42. The third-order valence-corrected chi connectivity index (χ3v) is 4.94. The quantitative estimate of drug-likeness (QED) is 0.457. The first-order valence-electron chi connectivity index (χ1n) is 9.90. The maximum atomic E-state index is 9.76. The zero-order valence-electron chi connectivity index (χ0n) is 16.6. The minimum absolute atomic E-state index is 0.465. The molecular formula is C25H18N4O2. The number of nitriles is 1. The number of benzene rings is 2. The molecule has 1 aliphatic rings. The molecule has 31 heavy (non-hydrogen) atoms. The van der Waals surface area contributed by atoms with Crippen LogP contribution >= 0.6 is 0 Å². The van der Waals surface area contributed by atoms with Crippen LogP contribution in [0.3, 0.4) is 0 Å². The van der Waals surface area contributed by atoms with Crippen molar-refractivity contribution < 1.29 is 9.47 Å². The summed E-state index contributed by atoms with van der Waals surface area (Å²) in [5, 5.41) is 14.6. The maximum absolute atomic E-state index is 9.76. The molecule has 0 aliphatic carbocycles. The Morgan fingerprint density at radius 3 is 2.55 bits per heavy atom. The number of allylic oxidation sites excluding steroid dienone is 1. The predicted octanol–water partition coefficient (Wildman–Crippen LogP) is 4.77. The van der Waals surface area contributed by atoms with Gasteiger partial charge in [-0.2, -0.15) is 10.4 Å². The highest BCUT2D eigenvalue weighted by molar-refractivity contribution is 5.91. The molecule has 2 aromatic carbocycles. The molecule has 0 radical (unpaired) electrons. The molecule has 5 rings (SSSR count). The molecule has 3 heterocycles. The van der Waals surface area contributed by atoms with E-state index in [1.807, 2.05) is 83.7 Å². The lowest BCUT2D eigenvalue weighted by Gasteiger charge is -2.18. The second-order valence-electron chi connectivity index (χ2n) is 6.96. The number of pyridine rings is 1. The molecule has 0 saturated heterocycles. The molecule has 0 bridgehead atoms. The normalized spacial score (nSPS) is 12.9. The van der Waals surface area contributed by atoms with Crippen molar-refractivity contribution in [3.05, 3.63) is 90.4 Å². The van der Waals surface area contributed by atoms with Gasteiger partial charge in [0.25, 0.3) is 0 Å². The van der Waals surface area contributed by atoms with Crippen LogP contribution < -0.4 is 9.47 Å². The van der Waals surface area contributed by atoms with E-state index in [1.54, 1.807) is 6.20 Å². The molecule has 4 aromatic rings. The Balaban J connectivity index is 1.66. The molecule has 0 amide bonds. The summed E-state index contributed by atoms with van der Waals surface area (Å²) >= 11 is 0. The standard InChI is InChI=1S/C25H18N4O2/c26-16-19(22-8-4-5-11-27-22)14-20-17-29(21-6-2-1-3-7-21)28-25(20)18-9-10-23-24(15-18)31-13-12-30-23/h1-11,14-15,17H,12-13H2. The van der Waals surface area contributed by atoms with Gasteiger partial charge < -0.3 is 9.47 Å². The van der Waals surface area contributed by atoms with Gasteiger partial charge in [0.15, 0.2) is 11.5 Å². The van der Waals surface area contributed by atoms with Crippen molar-refractivity contribution in [3.63, 3.8) is 0 Å². The molecule has 0 N–H and O–H groups in total. The summed E-state index contributed by atoms with van der Waals surface area (Å²) in [7, 11) is 0. The molecule has 0 fully saturated rings. The van der Waals surface area contributed by atoms with Crippen molar-refractivity contribution in [1.82, 2.24) is 14.8 Å². The van der Waals surface area contributed by atoms with Crippen LogP contribution in [-0.2, 0) is 0 Å². The monoisotopic (exact) mass is 406 g/mol. The lowest BCUT2D eigenvalue weighted by atomic mass is 10.0. The molecular weight excluding hydrogens is 388 g/mol. The van der Waals surface area contributed by atoms with E-state index in [4.69, 9.17) is 14.6 Å². The smallest absolute Gasteiger partial charge is 0.162 e. The zero-order valence-corrected chi connectivity index (χ0v) is 16.6. The molecule has 2 aromatic heterocycles. The van der Waals surface area contributed by atoms with Gasteiger partial charge >= 0.3 is 0 Å². The van der Waals surface area contributed by atoms with E-state index in [1.165, 1.54) is 0 Å². The lowest BCUT2D eigenvalue weighted by molar-refractivity contribution is 0.171. The van der Waals surface area contributed by atoms with E-state index >= 15 is 0 Å².